The van der Waals surface area contributed by atoms with Crippen LogP contribution < -0.4 is 0 Å². The summed E-state index contributed by atoms with van der Waals surface area (Å²) < 4.78 is 17.6. The van der Waals surface area contributed by atoms with Gasteiger partial charge in [-0.2, -0.15) is 0 Å². The predicted octanol–water partition coefficient (Wildman–Crippen LogP) is 7.57. The highest BCUT2D eigenvalue weighted by molar-refractivity contribution is 6.74. The van der Waals surface area contributed by atoms with Crippen molar-refractivity contribution in [1.82, 2.24) is 0 Å². The van der Waals surface area contributed by atoms with Crippen molar-refractivity contribution in [2.75, 3.05) is 6.61 Å². The van der Waals surface area contributed by atoms with Crippen molar-refractivity contribution >= 4 is 20.3 Å². The molecule has 0 unspecified atom stereocenters. The Labute approximate surface area is 218 Å². The van der Waals surface area contributed by atoms with Crippen LogP contribution in [0.1, 0.15) is 70.8 Å². The molecule has 5 nitrogen and oxygen atoms in total. The van der Waals surface area contributed by atoms with Crippen molar-refractivity contribution < 1.29 is 23.5 Å². The Hall–Kier alpha value is -2.70. The first-order chi connectivity index (χ1) is 16.9. The minimum Gasteiger partial charge on any atom is -0.454 e. The van der Waals surface area contributed by atoms with Crippen molar-refractivity contribution in [3.05, 3.63) is 83.9 Å². The van der Waals surface area contributed by atoms with E-state index in [4.69, 9.17) is 13.9 Å². The lowest BCUT2D eigenvalue weighted by atomic mass is 10.0. The van der Waals surface area contributed by atoms with E-state index in [1.807, 2.05) is 36.4 Å². The van der Waals surface area contributed by atoms with Crippen molar-refractivity contribution in [1.29, 1.82) is 0 Å². The standard InChI is InChI=1S/C30H42O5Si/c1-23(22-33-36(6,7)30(3,4)5)16-14-15-21-27(25-17-10-8-11-18-25)35-29(32)28(34-24(2)31)26-19-12-9-13-20-26/h8-15,17-20,23,27-28H,16,21-22H2,1-7H3/b15-14-/t23-,27-,28-/m1/s1. The molecule has 0 radical (unpaired) electrons. The van der Waals surface area contributed by atoms with Gasteiger partial charge in [0.25, 0.3) is 0 Å². The molecule has 2 aromatic carbocycles. The number of allylic oxidation sites excluding steroid dienone is 1. The minimum absolute atomic E-state index is 0.194. The number of carbonyl (C=O) groups excluding carboxylic acids is 2. The molecule has 0 saturated carbocycles. The fourth-order valence-corrected chi connectivity index (χ4v) is 4.49. The summed E-state index contributed by atoms with van der Waals surface area (Å²) in [6, 6.07) is 18.6. The van der Waals surface area contributed by atoms with Crippen LogP contribution in [0.3, 0.4) is 0 Å². The maximum Gasteiger partial charge on any atom is 0.352 e. The van der Waals surface area contributed by atoms with E-state index in [-0.39, 0.29) is 5.04 Å². The molecule has 6 heteroatoms. The van der Waals surface area contributed by atoms with Crippen LogP contribution in [0.15, 0.2) is 72.8 Å². The molecule has 0 fully saturated rings. The molecule has 0 saturated heterocycles. The summed E-state index contributed by atoms with van der Waals surface area (Å²) in [7, 11) is -1.76. The lowest BCUT2D eigenvalue weighted by Gasteiger charge is -2.36. The molecular weight excluding hydrogens is 468 g/mol. The Balaban J connectivity index is 2.05. The summed E-state index contributed by atoms with van der Waals surface area (Å²) in [6.45, 7) is 15.5. The van der Waals surface area contributed by atoms with E-state index in [1.165, 1.54) is 6.92 Å². The number of esters is 2. The van der Waals surface area contributed by atoms with Gasteiger partial charge in [-0.05, 0) is 36.0 Å². The molecular formula is C30H42O5Si. The second-order valence-corrected chi connectivity index (χ2v) is 15.7. The predicted molar refractivity (Wildman–Crippen MR) is 147 cm³/mol. The van der Waals surface area contributed by atoms with E-state index < -0.39 is 32.5 Å². The lowest BCUT2D eigenvalue weighted by molar-refractivity contribution is -0.171. The van der Waals surface area contributed by atoms with Gasteiger partial charge in [0.2, 0.25) is 6.10 Å². The number of ether oxygens (including phenoxy) is 2. The third-order valence-electron chi connectivity index (χ3n) is 6.62. The molecule has 0 N–H and O–H groups in total. The van der Waals surface area contributed by atoms with E-state index in [2.05, 4.69) is 52.9 Å². The van der Waals surface area contributed by atoms with E-state index in [9.17, 15) is 9.59 Å². The molecule has 2 aromatic rings. The van der Waals surface area contributed by atoms with Gasteiger partial charge in [0.1, 0.15) is 6.10 Å². The van der Waals surface area contributed by atoms with Gasteiger partial charge < -0.3 is 13.9 Å². The van der Waals surface area contributed by atoms with Crippen molar-refractivity contribution in [2.24, 2.45) is 5.92 Å². The highest BCUT2D eigenvalue weighted by atomic mass is 28.4. The van der Waals surface area contributed by atoms with Crippen molar-refractivity contribution in [3.8, 4) is 0 Å². The fourth-order valence-electron chi connectivity index (χ4n) is 3.35. The SMILES string of the molecule is CC(=O)O[C@@H](C(=O)O[C@H](C/C=C\C[C@@H](C)CO[Si](C)(C)C(C)(C)C)c1ccccc1)c1ccccc1. The molecule has 3 atom stereocenters. The molecule has 0 heterocycles. The first-order valence-electron chi connectivity index (χ1n) is 12.7. The number of rotatable bonds is 12. The number of carbonyl (C=O) groups is 2. The highest BCUT2D eigenvalue weighted by Gasteiger charge is 2.37. The molecule has 0 aromatic heterocycles. The summed E-state index contributed by atoms with van der Waals surface area (Å²) in [4.78, 5) is 24.8. The molecule has 196 valence electrons. The van der Waals surface area contributed by atoms with Crippen LogP contribution in [0.5, 0.6) is 0 Å². The third kappa shape index (κ3) is 9.39. The van der Waals surface area contributed by atoms with Crippen LogP contribution >= 0.6 is 0 Å². The lowest BCUT2D eigenvalue weighted by Crippen LogP contribution is -2.41. The van der Waals surface area contributed by atoms with Crippen molar-refractivity contribution in [2.45, 2.75) is 77.8 Å². The Kier molecular flexibility index (Phi) is 11.1. The minimum atomic E-state index is -1.76. The van der Waals surface area contributed by atoms with Crippen LogP contribution in [-0.2, 0) is 23.5 Å². The van der Waals surface area contributed by atoms with Gasteiger partial charge in [0, 0.05) is 25.5 Å². The average Bonchev–Trinajstić information content (AvgIpc) is 2.83. The van der Waals surface area contributed by atoms with Gasteiger partial charge >= 0.3 is 11.9 Å². The zero-order valence-corrected chi connectivity index (χ0v) is 23.8. The smallest absolute Gasteiger partial charge is 0.352 e. The topological polar surface area (TPSA) is 61.8 Å². The number of hydrogen-bond donors (Lipinski definition) is 0. The number of benzene rings is 2. The number of hydrogen-bond acceptors (Lipinski definition) is 5. The summed E-state index contributed by atoms with van der Waals surface area (Å²) >= 11 is 0. The highest BCUT2D eigenvalue weighted by Crippen LogP contribution is 2.37. The van der Waals surface area contributed by atoms with Gasteiger partial charge in [0.05, 0.1) is 0 Å². The molecule has 2 rings (SSSR count). The average molecular weight is 511 g/mol. The largest absolute Gasteiger partial charge is 0.454 e. The Morgan fingerprint density at radius 1 is 0.861 bits per heavy atom. The summed E-state index contributed by atoms with van der Waals surface area (Å²) in [5.41, 5.74) is 1.47. The molecule has 0 aliphatic heterocycles. The zero-order chi connectivity index (χ0) is 26.8. The van der Waals surface area contributed by atoms with Gasteiger partial charge in [-0.25, -0.2) is 4.79 Å². The molecule has 0 spiro atoms. The molecule has 0 bridgehead atoms. The van der Waals surface area contributed by atoms with Gasteiger partial charge in [-0.15, -0.1) is 0 Å². The van der Waals surface area contributed by atoms with Crippen LogP contribution in [0, 0.1) is 5.92 Å². The van der Waals surface area contributed by atoms with Crippen LogP contribution in [0.25, 0.3) is 0 Å². The maximum atomic E-state index is 13.1. The van der Waals surface area contributed by atoms with Crippen LogP contribution in [0.2, 0.25) is 18.1 Å². The molecule has 0 amide bonds. The van der Waals surface area contributed by atoms with E-state index >= 15 is 0 Å². The van der Waals surface area contributed by atoms with Crippen LogP contribution in [-0.4, -0.2) is 26.9 Å². The Morgan fingerprint density at radius 3 is 1.92 bits per heavy atom. The fraction of sp³-hybridized carbons (Fsp3) is 0.467. The first-order valence-corrected chi connectivity index (χ1v) is 15.6. The van der Waals surface area contributed by atoms with E-state index in [0.717, 1.165) is 18.6 Å². The second-order valence-electron chi connectivity index (χ2n) is 10.9. The van der Waals surface area contributed by atoms with Crippen molar-refractivity contribution in [3.63, 3.8) is 0 Å². The van der Waals surface area contributed by atoms with Gasteiger partial charge in [-0.1, -0.05) is 101 Å². The van der Waals surface area contributed by atoms with E-state index in [0.29, 0.717) is 17.9 Å². The molecule has 0 aliphatic carbocycles. The molecule has 0 aliphatic rings. The Morgan fingerprint density at radius 2 is 1.39 bits per heavy atom. The summed E-state index contributed by atoms with van der Waals surface area (Å²) in [6.07, 6.45) is 3.99. The third-order valence-corrected chi connectivity index (χ3v) is 11.1. The van der Waals surface area contributed by atoms with Gasteiger partial charge in [0.15, 0.2) is 8.32 Å². The normalized spacial score (nSPS) is 14.8. The Bertz CT molecular complexity index is 979. The van der Waals surface area contributed by atoms with E-state index in [1.54, 1.807) is 24.3 Å². The zero-order valence-electron chi connectivity index (χ0n) is 22.8. The molecule has 36 heavy (non-hydrogen) atoms. The van der Waals surface area contributed by atoms with Crippen LogP contribution in [0.4, 0.5) is 0 Å². The monoisotopic (exact) mass is 510 g/mol. The van der Waals surface area contributed by atoms with Gasteiger partial charge in [-0.3, -0.25) is 4.79 Å². The quantitative estimate of drug-likeness (QED) is 0.167. The first kappa shape index (κ1) is 29.5. The summed E-state index contributed by atoms with van der Waals surface area (Å²) in [5.74, 6) is -0.736. The second kappa shape index (κ2) is 13.6. The maximum absolute atomic E-state index is 13.1. The summed E-state index contributed by atoms with van der Waals surface area (Å²) in [5, 5.41) is 0.194.